The minimum absolute atomic E-state index is 0.238. The van der Waals surface area contributed by atoms with Crippen LogP contribution >= 0.6 is 11.6 Å². The van der Waals surface area contributed by atoms with E-state index in [0.29, 0.717) is 11.5 Å². The van der Waals surface area contributed by atoms with Crippen LogP contribution in [0.4, 0.5) is 0 Å². The Labute approximate surface area is 69.5 Å². The molecule has 0 bridgehead atoms. The van der Waals surface area contributed by atoms with Crippen LogP contribution in [0.15, 0.2) is 34.9 Å². The van der Waals surface area contributed by atoms with Crippen molar-refractivity contribution < 1.29 is 9.90 Å². The van der Waals surface area contributed by atoms with Crippen LogP contribution < -0.4 is 0 Å². The number of allylic oxidation sites excluding steroid dienone is 3. The third-order valence-electron chi connectivity index (χ3n) is 1.44. The molecule has 0 saturated heterocycles. The summed E-state index contributed by atoms with van der Waals surface area (Å²) in [5, 5.41) is 8.98. The van der Waals surface area contributed by atoms with E-state index in [0.717, 1.165) is 5.57 Å². The second kappa shape index (κ2) is 2.93. The van der Waals surface area contributed by atoms with Crippen LogP contribution in [0.3, 0.4) is 0 Å². The van der Waals surface area contributed by atoms with E-state index in [-0.39, 0.29) is 5.57 Å². The highest BCUT2D eigenvalue weighted by Crippen LogP contribution is 2.24. The predicted molar refractivity (Wildman–Crippen MR) is 43.4 cm³/mol. The third kappa shape index (κ3) is 1.71. The number of halogens is 1. The fourth-order valence-electron chi connectivity index (χ4n) is 0.777. The first-order valence-electron chi connectivity index (χ1n) is 3.10. The summed E-state index contributed by atoms with van der Waals surface area (Å²) in [6.45, 7) is 3.65. The molecule has 11 heavy (non-hydrogen) atoms. The van der Waals surface area contributed by atoms with Crippen LogP contribution in [0.5, 0.6) is 0 Å². The maximum Gasteiger partial charge on any atom is 0.335 e. The summed E-state index contributed by atoms with van der Waals surface area (Å²) >= 11 is 5.66. The van der Waals surface area contributed by atoms with Crippen molar-refractivity contribution in [3.63, 3.8) is 0 Å². The summed E-state index contributed by atoms with van der Waals surface area (Å²) in [5.41, 5.74) is 0.999. The monoisotopic (exact) mass is 170 g/mol. The molecule has 0 aromatic carbocycles. The zero-order valence-corrected chi connectivity index (χ0v) is 6.56. The van der Waals surface area contributed by atoms with Crippen molar-refractivity contribution in [3.05, 3.63) is 34.9 Å². The van der Waals surface area contributed by atoms with Gasteiger partial charge >= 0.3 is 5.97 Å². The molecule has 58 valence electrons. The van der Waals surface area contributed by atoms with Crippen LogP contribution in [0.2, 0.25) is 0 Å². The van der Waals surface area contributed by atoms with Crippen LogP contribution in [0.25, 0.3) is 0 Å². The SMILES string of the molecule is C=C1CC=C(C(=O)O)C=C1Cl. The average Bonchev–Trinajstić information content (AvgIpc) is 1.94. The Balaban J connectivity index is 2.91. The summed E-state index contributed by atoms with van der Waals surface area (Å²) < 4.78 is 0. The highest BCUT2D eigenvalue weighted by Gasteiger charge is 2.11. The molecule has 3 heteroatoms. The number of carboxylic acids is 1. The van der Waals surface area contributed by atoms with Crippen molar-refractivity contribution in [3.8, 4) is 0 Å². The van der Waals surface area contributed by atoms with Gasteiger partial charge in [0.15, 0.2) is 0 Å². The first-order valence-corrected chi connectivity index (χ1v) is 3.48. The van der Waals surface area contributed by atoms with E-state index < -0.39 is 5.97 Å². The van der Waals surface area contributed by atoms with Gasteiger partial charge in [-0.1, -0.05) is 24.3 Å². The molecule has 0 radical (unpaired) electrons. The molecule has 0 unspecified atom stereocenters. The largest absolute Gasteiger partial charge is 0.478 e. The number of carbonyl (C=O) groups is 1. The first-order chi connectivity index (χ1) is 5.11. The number of aliphatic carboxylic acids is 1. The van der Waals surface area contributed by atoms with E-state index in [1.807, 2.05) is 0 Å². The Kier molecular flexibility index (Phi) is 2.15. The molecular formula is C8H7ClO2. The first kappa shape index (κ1) is 8.08. The van der Waals surface area contributed by atoms with Gasteiger partial charge in [0.1, 0.15) is 0 Å². The Morgan fingerprint density at radius 3 is 2.82 bits per heavy atom. The van der Waals surface area contributed by atoms with Crippen molar-refractivity contribution in [1.29, 1.82) is 0 Å². The second-order valence-electron chi connectivity index (χ2n) is 2.26. The summed E-state index contributed by atoms with van der Waals surface area (Å²) in [6, 6.07) is 0. The van der Waals surface area contributed by atoms with Crippen LogP contribution in [0, 0.1) is 0 Å². The third-order valence-corrected chi connectivity index (χ3v) is 1.81. The van der Waals surface area contributed by atoms with Gasteiger partial charge in [0.2, 0.25) is 0 Å². The highest BCUT2D eigenvalue weighted by atomic mass is 35.5. The summed E-state index contributed by atoms with van der Waals surface area (Å²) in [4.78, 5) is 10.4. The van der Waals surface area contributed by atoms with E-state index in [9.17, 15) is 4.79 Å². The van der Waals surface area contributed by atoms with Gasteiger partial charge in [0, 0.05) is 5.03 Å². The average molecular weight is 171 g/mol. The van der Waals surface area contributed by atoms with Gasteiger partial charge in [-0.3, -0.25) is 0 Å². The van der Waals surface area contributed by atoms with E-state index in [2.05, 4.69) is 6.58 Å². The maximum absolute atomic E-state index is 10.4. The van der Waals surface area contributed by atoms with E-state index in [1.165, 1.54) is 6.08 Å². The normalized spacial score (nSPS) is 17.4. The zero-order valence-electron chi connectivity index (χ0n) is 5.80. The van der Waals surface area contributed by atoms with Crippen LogP contribution in [-0.2, 0) is 4.79 Å². The van der Waals surface area contributed by atoms with Gasteiger partial charge in [-0.15, -0.1) is 0 Å². The molecule has 0 amide bonds. The Hall–Kier alpha value is -1.02. The molecule has 0 aromatic heterocycles. The van der Waals surface area contributed by atoms with Gasteiger partial charge in [-0.05, 0) is 18.1 Å². The number of hydrogen-bond donors (Lipinski definition) is 1. The lowest BCUT2D eigenvalue weighted by atomic mass is 10.0. The Morgan fingerprint density at radius 1 is 1.73 bits per heavy atom. The van der Waals surface area contributed by atoms with Crippen molar-refractivity contribution in [2.24, 2.45) is 0 Å². The highest BCUT2D eigenvalue weighted by molar-refractivity contribution is 6.32. The van der Waals surface area contributed by atoms with Crippen LogP contribution in [0.1, 0.15) is 6.42 Å². The number of carboxylic acid groups (broad SMARTS) is 1. The van der Waals surface area contributed by atoms with Gasteiger partial charge in [-0.25, -0.2) is 4.79 Å². The molecule has 2 nitrogen and oxygen atoms in total. The molecule has 0 spiro atoms. The molecule has 1 aliphatic rings. The minimum atomic E-state index is -0.948. The zero-order chi connectivity index (χ0) is 8.43. The molecule has 0 heterocycles. The maximum atomic E-state index is 10.4. The molecule has 0 aromatic rings. The molecule has 1 N–H and O–H groups in total. The number of hydrogen-bond acceptors (Lipinski definition) is 1. The molecular weight excluding hydrogens is 164 g/mol. The van der Waals surface area contributed by atoms with Gasteiger partial charge in [-0.2, -0.15) is 0 Å². The molecule has 0 saturated carbocycles. The van der Waals surface area contributed by atoms with E-state index >= 15 is 0 Å². The Morgan fingerprint density at radius 2 is 2.36 bits per heavy atom. The van der Waals surface area contributed by atoms with Crippen molar-refractivity contribution in [1.82, 2.24) is 0 Å². The fraction of sp³-hybridized carbons (Fsp3) is 0.125. The molecule has 0 fully saturated rings. The molecule has 1 aliphatic carbocycles. The van der Waals surface area contributed by atoms with Crippen molar-refractivity contribution >= 4 is 17.6 Å². The standard InChI is InChI=1S/C8H7ClO2/c1-5-2-3-6(8(10)11)4-7(5)9/h3-4H,1-2H2,(H,10,11). The lowest BCUT2D eigenvalue weighted by molar-refractivity contribution is -0.132. The van der Waals surface area contributed by atoms with E-state index in [4.69, 9.17) is 16.7 Å². The van der Waals surface area contributed by atoms with Crippen LogP contribution in [-0.4, -0.2) is 11.1 Å². The van der Waals surface area contributed by atoms with Crippen molar-refractivity contribution in [2.75, 3.05) is 0 Å². The molecule has 1 rings (SSSR count). The van der Waals surface area contributed by atoms with E-state index in [1.54, 1.807) is 6.08 Å². The Bertz CT molecular complexity index is 274. The summed E-state index contributed by atoms with van der Waals surface area (Å²) in [5.74, 6) is -0.948. The molecule has 0 aliphatic heterocycles. The fourth-order valence-corrected chi connectivity index (χ4v) is 0.972. The van der Waals surface area contributed by atoms with Gasteiger partial charge in [0.25, 0.3) is 0 Å². The summed E-state index contributed by atoms with van der Waals surface area (Å²) in [6.07, 6.45) is 3.53. The molecule has 0 atom stereocenters. The quantitative estimate of drug-likeness (QED) is 0.654. The predicted octanol–water partition coefficient (Wildman–Crippen LogP) is 2.08. The van der Waals surface area contributed by atoms with Crippen molar-refractivity contribution in [2.45, 2.75) is 6.42 Å². The van der Waals surface area contributed by atoms with Gasteiger partial charge in [0.05, 0.1) is 5.57 Å². The van der Waals surface area contributed by atoms with Gasteiger partial charge < -0.3 is 5.11 Å². The lowest BCUT2D eigenvalue weighted by Gasteiger charge is -2.07. The lowest BCUT2D eigenvalue weighted by Crippen LogP contribution is -2.01. The topological polar surface area (TPSA) is 37.3 Å². The second-order valence-corrected chi connectivity index (χ2v) is 2.67. The summed E-state index contributed by atoms with van der Waals surface area (Å²) in [7, 11) is 0. The number of rotatable bonds is 1. The smallest absolute Gasteiger partial charge is 0.335 e. The minimum Gasteiger partial charge on any atom is -0.478 e.